The van der Waals surface area contributed by atoms with Gasteiger partial charge in [0.1, 0.15) is 23.6 Å². The van der Waals surface area contributed by atoms with E-state index in [0.29, 0.717) is 17.9 Å². The first-order valence-electron chi connectivity index (χ1n) is 15.5. The van der Waals surface area contributed by atoms with Crippen LogP contribution in [-0.4, -0.2) is 55.8 Å². The van der Waals surface area contributed by atoms with Crippen molar-refractivity contribution in [1.82, 2.24) is 16.0 Å². The van der Waals surface area contributed by atoms with E-state index in [4.69, 9.17) is 13.9 Å². The first-order chi connectivity index (χ1) is 22.7. The van der Waals surface area contributed by atoms with Crippen molar-refractivity contribution in [3.05, 3.63) is 120 Å². The number of hydrogen-bond donors (Lipinski definition) is 3. The summed E-state index contributed by atoms with van der Waals surface area (Å²) in [5.41, 5.74) is 1.83. The lowest BCUT2D eigenvalue weighted by Crippen LogP contribution is -2.57. The Bertz CT molecular complexity index is 1620. The summed E-state index contributed by atoms with van der Waals surface area (Å²) in [6, 6.07) is 23.3. The molecule has 1 aromatic heterocycles. The van der Waals surface area contributed by atoms with Crippen LogP contribution in [-0.2, 0) is 22.4 Å². The maximum absolute atomic E-state index is 14.0. The monoisotopic (exact) mass is 639 g/mol. The highest BCUT2D eigenvalue weighted by Crippen LogP contribution is 2.19. The molecule has 0 fully saturated rings. The first-order valence-corrected chi connectivity index (χ1v) is 15.5. The lowest BCUT2D eigenvalue weighted by molar-refractivity contribution is -0.130. The van der Waals surface area contributed by atoms with Gasteiger partial charge in [-0.25, -0.2) is 0 Å². The molecule has 0 aliphatic rings. The van der Waals surface area contributed by atoms with Gasteiger partial charge in [-0.05, 0) is 59.9 Å². The Labute approximate surface area is 274 Å². The number of ether oxygens (including phenoxy) is 2. The molecule has 10 heteroatoms. The highest BCUT2D eigenvalue weighted by atomic mass is 16.5. The molecule has 3 unspecified atom stereocenters. The topological polar surface area (TPSA) is 136 Å². The van der Waals surface area contributed by atoms with E-state index >= 15 is 0 Å². The normalized spacial score (nSPS) is 12.8. The molecule has 0 saturated carbocycles. The van der Waals surface area contributed by atoms with Gasteiger partial charge in [0.15, 0.2) is 5.76 Å². The maximum Gasteiger partial charge on any atom is 0.255 e. The minimum absolute atomic E-state index is 0.0780. The van der Waals surface area contributed by atoms with E-state index in [1.54, 1.807) is 67.8 Å². The summed E-state index contributed by atoms with van der Waals surface area (Å²) in [6.07, 6.45) is 2.04. The Kier molecular flexibility index (Phi) is 12.3. The number of methoxy groups -OCH3 is 2. The Morgan fingerprint density at radius 3 is 1.85 bits per heavy atom. The van der Waals surface area contributed by atoms with Gasteiger partial charge in [0.25, 0.3) is 5.91 Å². The molecule has 3 amide bonds. The SMILES string of the molecule is COc1ccc(CC(NC(=O)C(Cc2ccccc2)NC(=O)c2ccccc2OC)C(=O)NC(CC(C)C)C(=O)c2ccco2)cc1. The maximum atomic E-state index is 14.0. The van der Waals surface area contributed by atoms with Crippen LogP contribution in [0.3, 0.4) is 0 Å². The van der Waals surface area contributed by atoms with Crippen molar-refractivity contribution < 1.29 is 33.1 Å². The van der Waals surface area contributed by atoms with Crippen LogP contribution in [0.2, 0.25) is 0 Å². The Hall–Kier alpha value is -5.38. The lowest BCUT2D eigenvalue weighted by Gasteiger charge is -2.26. The molecule has 0 spiro atoms. The smallest absolute Gasteiger partial charge is 0.255 e. The van der Waals surface area contributed by atoms with Crippen LogP contribution in [0, 0.1) is 5.92 Å². The molecular formula is C37H41N3O7. The van der Waals surface area contributed by atoms with Crippen molar-refractivity contribution in [2.24, 2.45) is 5.92 Å². The molecule has 1 heterocycles. The van der Waals surface area contributed by atoms with E-state index in [-0.39, 0.29) is 35.9 Å². The van der Waals surface area contributed by atoms with E-state index < -0.39 is 35.8 Å². The number of rotatable bonds is 16. The van der Waals surface area contributed by atoms with Gasteiger partial charge >= 0.3 is 0 Å². The van der Waals surface area contributed by atoms with Crippen molar-refractivity contribution in [3.63, 3.8) is 0 Å². The Balaban J connectivity index is 1.62. The highest BCUT2D eigenvalue weighted by molar-refractivity contribution is 6.02. The number of benzene rings is 3. The Morgan fingerprint density at radius 1 is 0.660 bits per heavy atom. The van der Waals surface area contributed by atoms with Crippen LogP contribution < -0.4 is 25.4 Å². The molecule has 3 atom stereocenters. The molecule has 246 valence electrons. The van der Waals surface area contributed by atoms with Crippen LogP contribution in [0.5, 0.6) is 11.5 Å². The number of amides is 3. The number of ketones is 1. The number of Topliss-reactive ketones (excluding diaryl/α,β-unsaturated/α-hetero) is 1. The van der Waals surface area contributed by atoms with Gasteiger partial charge in [-0.2, -0.15) is 0 Å². The zero-order chi connectivity index (χ0) is 33.8. The number of nitrogens with one attached hydrogen (secondary N) is 3. The highest BCUT2D eigenvalue weighted by Gasteiger charge is 2.32. The predicted molar refractivity (Wildman–Crippen MR) is 177 cm³/mol. The summed E-state index contributed by atoms with van der Waals surface area (Å²) in [5.74, 6) is -0.770. The number of furan rings is 1. The molecule has 3 aromatic carbocycles. The van der Waals surface area contributed by atoms with E-state index in [1.807, 2.05) is 44.2 Å². The van der Waals surface area contributed by atoms with Crippen LogP contribution >= 0.6 is 0 Å². The average Bonchev–Trinajstić information content (AvgIpc) is 3.63. The summed E-state index contributed by atoms with van der Waals surface area (Å²) < 4.78 is 16.0. The summed E-state index contributed by atoms with van der Waals surface area (Å²) in [7, 11) is 3.02. The van der Waals surface area contributed by atoms with Crippen molar-refractivity contribution in [2.75, 3.05) is 14.2 Å². The molecule has 0 aliphatic carbocycles. The third-order valence-electron chi connectivity index (χ3n) is 7.59. The van der Waals surface area contributed by atoms with Crippen molar-refractivity contribution in [1.29, 1.82) is 0 Å². The quantitative estimate of drug-likeness (QED) is 0.150. The number of carbonyl (C=O) groups excluding carboxylic acids is 4. The van der Waals surface area contributed by atoms with Crippen LogP contribution in [0.15, 0.2) is 102 Å². The van der Waals surface area contributed by atoms with E-state index in [2.05, 4.69) is 16.0 Å². The van der Waals surface area contributed by atoms with Crippen molar-refractivity contribution in [2.45, 2.75) is 51.2 Å². The van der Waals surface area contributed by atoms with Crippen LogP contribution in [0.25, 0.3) is 0 Å². The number of para-hydroxylation sites is 1. The van der Waals surface area contributed by atoms with E-state index in [1.165, 1.54) is 13.4 Å². The molecule has 0 bridgehead atoms. The summed E-state index contributed by atoms with van der Waals surface area (Å²) >= 11 is 0. The van der Waals surface area contributed by atoms with Gasteiger partial charge in [0.05, 0.1) is 32.1 Å². The van der Waals surface area contributed by atoms with Crippen molar-refractivity contribution >= 4 is 23.5 Å². The lowest BCUT2D eigenvalue weighted by atomic mass is 9.97. The van der Waals surface area contributed by atoms with Gasteiger partial charge in [-0.15, -0.1) is 0 Å². The summed E-state index contributed by atoms with van der Waals surface area (Å²) in [4.78, 5) is 54.7. The molecule has 10 nitrogen and oxygen atoms in total. The van der Waals surface area contributed by atoms with Crippen molar-refractivity contribution in [3.8, 4) is 11.5 Å². The number of hydrogen-bond acceptors (Lipinski definition) is 7. The second kappa shape index (κ2) is 16.8. The summed E-state index contributed by atoms with van der Waals surface area (Å²) in [6.45, 7) is 3.90. The second-order valence-electron chi connectivity index (χ2n) is 11.6. The molecular weight excluding hydrogens is 598 g/mol. The molecule has 0 radical (unpaired) electrons. The largest absolute Gasteiger partial charge is 0.497 e. The van der Waals surface area contributed by atoms with Gasteiger partial charge in [-0.3, -0.25) is 19.2 Å². The minimum atomic E-state index is -1.09. The fourth-order valence-corrected chi connectivity index (χ4v) is 5.17. The third-order valence-corrected chi connectivity index (χ3v) is 7.59. The van der Waals surface area contributed by atoms with Gasteiger partial charge in [0, 0.05) is 12.8 Å². The van der Waals surface area contributed by atoms with Gasteiger partial charge in [-0.1, -0.05) is 68.4 Å². The first kappa shape index (κ1) is 34.5. The molecule has 3 N–H and O–H groups in total. The summed E-state index contributed by atoms with van der Waals surface area (Å²) in [5, 5.41) is 8.57. The molecule has 4 rings (SSSR count). The van der Waals surface area contributed by atoms with Gasteiger partial charge < -0.3 is 29.8 Å². The second-order valence-corrected chi connectivity index (χ2v) is 11.6. The van der Waals surface area contributed by atoms with Crippen LogP contribution in [0.1, 0.15) is 52.3 Å². The predicted octanol–water partition coefficient (Wildman–Crippen LogP) is 4.78. The zero-order valence-corrected chi connectivity index (χ0v) is 27.0. The fourth-order valence-electron chi connectivity index (χ4n) is 5.17. The van der Waals surface area contributed by atoms with E-state index in [9.17, 15) is 19.2 Å². The van der Waals surface area contributed by atoms with Gasteiger partial charge in [0.2, 0.25) is 17.6 Å². The molecule has 47 heavy (non-hydrogen) atoms. The zero-order valence-electron chi connectivity index (χ0n) is 27.0. The van der Waals surface area contributed by atoms with Crippen LogP contribution in [0.4, 0.5) is 0 Å². The molecule has 0 aliphatic heterocycles. The Morgan fingerprint density at radius 2 is 1.26 bits per heavy atom. The minimum Gasteiger partial charge on any atom is -0.497 e. The molecule has 0 saturated heterocycles. The van der Waals surface area contributed by atoms with E-state index in [0.717, 1.165) is 11.1 Å². The standard InChI is InChI=1S/C37H41N3O7/c1-24(2)21-29(34(41)33-15-10-20-47-33)38-36(43)31(23-26-16-18-27(45-3)19-17-26)40-37(44)30(22-25-11-6-5-7-12-25)39-35(42)28-13-8-9-14-32(28)46-4/h5-20,24,29-31H,21-23H2,1-4H3,(H,38,43)(H,39,42)(H,40,44). The fraction of sp³-hybridized carbons (Fsp3) is 0.297. The average molecular weight is 640 g/mol. The number of carbonyl (C=O) groups is 4. The third kappa shape index (κ3) is 9.80. The molecule has 4 aromatic rings.